The van der Waals surface area contributed by atoms with Crippen LogP contribution in [-0.2, 0) is 0 Å². The van der Waals surface area contributed by atoms with Gasteiger partial charge < -0.3 is 5.73 Å². The summed E-state index contributed by atoms with van der Waals surface area (Å²) in [4.78, 5) is 1.21. The van der Waals surface area contributed by atoms with Crippen LogP contribution >= 0.6 is 38.9 Å². The van der Waals surface area contributed by atoms with Crippen molar-refractivity contribution < 1.29 is 0 Å². The van der Waals surface area contributed by atoms with Gasteiger partial charge in [0.25, 0.3) is 0 Å². The van der Waals surface area contributed by atoms with Gasteiger partial charge in [0, 0.05) is 10.9 Å². The van der Waals surface area contributed by atoms with Crippen molar-refractivity contribution in [3.05, 3.63) is 19.8 Å². The SMILES string of the molecule is CC1(C)CCCC1C(N)c1cc(Cl)c(Br)s1. The van der Waals surface area contributed by atoms with Gasteiger partial charge in [-0.05, 0) is 46.2 Å². The molecule has 1 aromatic rings. The van der Waals surface area contributed by atoms with Crippen molar-refractivity contribution in [3.63, 3.8) is 0 Å². The van der Waals surface area contributed by atoms with Crippen LogP contribution in [-0.4, -0.2) is 0 Å². The highest BCUT2D eigenvalue weighted by molar-refractivity contribution is 9.11. The van der Waals surface area contributed by atoms with E-state index < -0.39 is 0 Å². The van der Waals surface area contributed by atoms with Gasteiger partial charge in [0.05, 0.1) is 8.81 Å². The van der Waals surface area contributed by atoms with Gasteiger partial charge >= 0.3 is 0 Å². The molecule has 1 heterocycles. The van der Waals surface area contributed by atoms with Crippen molar-refractivity contribution in [2.45, 2.75) is 39.2 Å². The topological polar surface area (TPSA) is 26.0 Å². The van der Waals surface area contributed by atoms with Crippen molar-refractivity contribution in [3.8, 4) is 0 Å². The Bertz CT molecular complexity index is 369. The number of hydrogen-bond acceptors (Lipinski definition) is 2. The summed E-state index contributed by atoms with van der Waals surface area (Å²) in [6.45, 7) is 4.66. The van der Waals surface area contributed by atoms with Gasteiger partial charge in [-0.2, -0.15) is 0 Å². The Morgan fingerprint density at radius 2 is 2.31 bits per heavy atom. The average molecular weight is 323 g/mol. The predicted molar refractivity (Wildman–Crippen MR) is 75.1 cm³/mol. The molecule has 0 bridgehead atoms. The molecule has 16 heavy (non-hydrogen) atoms. The number of hydrogen-bond donors (Lipinski definition) is 1. The molecule has 2 unspecified atom stereocenters. The number of halogens is 2. The van der Waals surface area contributed by atoms with E-state index in [1.165, 1.54) is 24.1 Å². The second kappa shape index (κ2) is 4.60. The maximum atomic E-state index is 6.39. The van der Waals surface area contributed by atoms with Crippen LogP contribution in [0.1, 0.15) is 44.0 Å². The Morgan fingerprint density at radius 3 is 2.75 bits per heavy atom. The molecule has 1 saturated carbocycles. The molecule has 1 fully saturated rings. The van der Waals surface area contributed by atoms with Gasteiger partial charge in [0.15, 0.2) is 0 Å². The fraction of sp³-hybridized carbons (Fsp3) is 0.667. The van der Waals surface area contributed by atoms with Gasteiger partial charge in [-0.1, -0.05) is 31.9 Å². The lowest BCUT2D eigenvalue weighted by atomic mass is 9.77. The quantitative estimate of drug-likeness (QED) is 0.815. The van der Waals surface area contributed by atoms with E-state index in [4.69, 9.17) is 17.3 Å². The number of rotatable bonds is 2. The molecule has 0 amide bonds. The Kier molecular flexibility index (Phi) is 3.70. The fourth-order valence-corrected chi connectivity index (χ4v) is 4.56. The highest BCUT2D eigenvalue weighted by Crippen LogP contribution is 2.49. The van der Waals surface area contributed by atoms with Gasteiger partial charge in [-0.25, -0.2) is 0 Å². The molecule has 0 saturated heterocycles. The third kappa shape index (κ3) is 2.33. The summed E-state index contributed by atoms with van der Waals surface area (Å²) in [5.74, 6) is 0.578. The first kappa shape index (κ1) is 12.9. The fourth-order valence-electron chi connectivity index (χ4n) is 2.75. The van der Waals surface area contributed by atoms with Crippen LogP contribution in [0.2, 0.25) is 5.02 Å². The third-order valence-electron chi connectivity index (χ3n) is 3.77. The van der Waals surface area contributed by atoms with E-state index in [-0.39, 0.29) is 6.04 Å². The van der Waals surface area contributed by atoms with Gasteiger partial charge in [-0.3, -0.25) is 0 Å². The highest BCUT2D eigenvalue weighted by Gasteiger charge is 2.39. The number of nitrogens with two attached hydrogens (primary N) is 1. The molecule has 0 aliphatic heterocycles. The maximum absolute atomic E-state index is 6.39. The summed E-state index contributed by atoms with van der Waals surface area (Å²) in [6, 6.07) is 2.14. The van der Waals surface area contributed by atoms with E-state index in [9.17, 15) is 0 Å². The summed E-state index contributed by atoms with van der Waals surface area (Å²) in [5, 5.41) is 0.784. The van der Waals surface area contributed by atoms with Crippen LogP contribution in [0.5, 0.6) is 0 Å². The van der Waals surface area contributed by atoms with E-state index in [0.717, 1.165) is 8.81 Å². The largest absolute Gasteiger partial charge is 0.323 e. The van der Waals surface area contributed by atoms with Crippen LogP contribution in [0.3, 0.4) is 0 Å². The molecular weight excluding hydrogens is 306 g/mol. The van der Waals surface area contributed by atoms with Crippen LogP contribution < -0.4 is 5.73 Å². The first-order valence-corrected chi connectivity index (χ1v) is 7.61. The molecule has 2 atom stereocenters. The van der Waals surface area contributed by atoms with E-state index in [1.54, 1.807) is 11.3 Å². The summed E-state index contributed by atoms with van der Waals surface area (Å²) in [6.07, 6.45) is 3.82. The molecule has 4 heteroatoms. The molecule has 1 nitrogen and oxygen atoms in total. The monoisotopic (exact) mass is 321 g/mol. The molecule has 1 aromatic heterocycles. The lowest BCUT2D eigenvalue weighted by Gasteiger charge is -2.31. The van der Waals surface area contributed by atoms with Crippen LogP contribution in [0.25, 0.3) is 0 Å². The minimum absolute atomic E-state index is 0.131. The van der Waals surface area contributed by atoms with Crippen molar-refractivity contribution >= 4 is 38.9 Å². The Labute approximate surface area is 114 Å². The van der Waals surface area contributed by atoms with E-state index in [0.29, 0.717) is 11.3 Å². The zero-order valence-electron chi connectivity index (χ0n) is 9.59. The molecule has 2 N–H and O–H groups in total. The molecular formula is C12H17BrClNS. The van der Waals surface area contributed by atoms with E-state index in [1.807, 2.05) is 6.07 Å². The van der Waals surface area contributed by atoms with Gasteiger partial charge in [0.1, 0.15) is 0 Å². The van der Waals surface area contributed by atoms with Crippen molar-refractivity contribution in [2.75, 3.05) is 0 Å². The average Bonchev–Trinajstić information content (AvgIpc) is 2.70. The molecule has 0 radical (unpaired) electrons. The smallest absolute Gasteiger partial charge is 0.0887 e. The molecule has 90 valence electrons. The van der Waals surface area contributed by atoms with Gasteiger partial charge in [0.2, 0.25) is 0 Å². The summed E-state index contributed by atoms with van der Waals surface area (Å²) in [5.41, 5.74) is 6.75. The summed E-state index contributed by atoms with van der Waals surface area (Å²) < 4.78 is 0.996. The summed E-state index contributed by atoms with van der Waals surface area (Å²) >= 11 is 11.2. The van der Waals surface area contributed by atoms with E-state index >= 15 is 0 Å². The third-order valence-corrected chi connectivity index (χ3v) is 6.34. The zero-order valence-corrected chi connectivity index (χ0v) is 12.8. The van der Waals surface area contributed by atoms with Crippen molar-refractivity contribution in [1.82, 2.24) is 0 Å². The van der Waals surface area contributed by atoms with Crippen LogP contribution in [0.15, 0.2) is 9.85 Å². The molecule has 0 aromatic carbocycles. The first-order chi connectivity index (χ1) is 7.42. The second-order valence-corrected chi connectivity index (χ2v) is 8.09. The minimum atomic E-state index is 0.131. The standard InChI is InChI=1S/C12H17BrClNS/c1-12(2)5-3-4-7(12)10(15)9-6-8(14)11(13)16-9/h6-7,10H,3-5,15H2,1-2H3. The maximum Gasteiger partial charge on any atom is 0.0887 e. The Balaban J connectivity index is 2.22. The zero-order chi connectivity index (χ0) is 11.9. The first-order valence-electron chi connectivity index (χ1n) is 5.62. The highest BCUT2D eigenvalue weighted by atomic mass is 79.9. The summed E-state index contributed by atoms with van der Waals surface area (Å²) in [7, 11) is 0. The predicted octanol–water partition coefficient (Wildman–Crippen LogP) is 4.99. The normalized spacial score (nSPS) is 25.9. The van der Waals surface area contributed by atoms with Crippen molar-refractivity contribution in [1.29, 1.82) is 0 Å². The molecule has 1 aliphatic carbocycles. The second-order valence-electron chi connectivity index (χ2n) is 5.28. The molecule has 2 rings (SSSR count). The molecule has 0 spiro atoms. The molecule has 1 aliphatic rings. The number of thiophene rings is 1. The van der Waals surface area contributed by atoms with Crippen LogP contribution in [0, 0.1) is 11.3 Å². The minimum Gasteiger partial charge on any atom is -0.323 e. The van der Waals surface area contributed by atoms with E-state index in [2.05, 4.69) is 29.8 Å². The van der Waals surface area contributed by atoms with Crippen LogP contribution in [0.4, 0.5) is 0 Å². The Hall–Kier alpha value is 0.430. The lowest BCUT2D eigenvalue weighted by Crippen LogP contribution is -2.28. The van der Waals surface area contributed by atoms with Crippen molar-refractivity contribution in [2.24, 2.45) is 17.1 Å². The Morgan fingerprint density at radius 1 is 1.62 bits per heavy atom. The van der Waals surface area contributed by atoms with Gasteiger partial charge in [-0.15, -0.1) is 11.3 Å². The lowest BCUT2D eigenvalue weighted by molar-refractivity contribution is 0.224.